The van der Waals surface area contributed by atoms with Crippen molar-refractivity contribution in [3.8, 4) is 0 Å². The van der Waals surface area contributed by atoms with E-state index in [1.165, 1.54) is 0 Å². The first-order chi connectivity index (χ1) is 24.3. The molecule has 300 valence electrons. The number of hydrogen-bond donors (Lipinski definition) is 4. The molecule has 0 bridgehead atoms. The molecular weight excluding hydrogens is 664 g/mol. The molecule has 4 aliphatic heterocycles. The Hall–Kier alpha value is -1.40. The molecule has 3 fully saturated rings. The molecule has 0 aromatic rings. The lowest BCUT2D eigenvalue weighted by molar-refractivity contribution is -0.388. The Morgan fingerprint density at radius 2 is 1.62 bits per heavy atom. The van der Waals surface area contributed by atoms with Crippen LogP contribution in [-0.2, 0) is 28.5 Å². The molecule has 4 rings (SSSR count). The highest BCUT2D eigenvalue weighted by Crippen LogP contribution is 2.53. The van der Waals surface area contributed by atoms with Crippen LogP contribution in [0.4, 0.5) is 0 Å². The van der Waals surface area contributed by atoms with Gasteiger partial charge in [0.2, 0.25) is 0 Å². The lowest BCUT2D eigenvalue weighted by atomic mass is 9.72. The Kier molecular flexibility index (Phi) is 14.3. The Bertz CT molecular complexity index is 1240. The molecule has 4 N–H and O–H groups in total. The van der Waals surface area contributed by atoms with Crippen molar-refractivity contribution in [2.24, 2.45) is 41.4 Å². The van der Waals surface area contributed by atoms with E-state index in [0.29, 0.717) is 51.4 Å². The molecule has 4 aliphatic rings. The number of aliphatic hydroxyl groups excluding tert-OH is 2. The van der Waals surface area contributed by atoms with Crippen LogP contribution < -0.4 is 0 Å². The van der Waals surface area contributed by atoms with Gasteiger partial charge in [0.1, 0.15) is 5.78 Å². The van der Waals surface area contributed by atoms with Gasteiger partial charge in [0.15, 0.2) is 11.6 Å². The number of rotatable bonds is 16. The van der Waals surface area contributed by atoms with E-state index >= 15 is 0 Å². The van der Waals surface area contributed by atoms with E-state index in [9.17, 15) is 30.0 Å². The van der Waals surface area contributed by atoms with Crippen LogP contribution in [0.2, 0.25) is 0 Å². The maximum Gasteiger partial charge on any atom is 0.309 e. The first kappa shape index (κ1) is 43.3. The summed E-state index contributed by atoms with van der Waals surface area (Å²) in [7, 11) is 0. The van der Waals surface area contributed by atoms with Crippen LogP contribution >= 0.6 is 0 Å². The second-order valence-corrected chi connectivity index (χ2v) is 17.7. The van der Waals surface area contributed by atoms with Crippen molar-refractivity contribution in [3.05, 3.63) is 12.2 Å². The van der Waals surface area contributed by atoms with Crippen molar-refractivity contribution in [3.63, 3.8) is 0 Å². The minimum Gasteiger partial charge on any atom is -0.481 e. The smallest absolute Gasteiger partial charge is 0.309 e. The molecule has 0 aromatic carbocycles. The zero-order valence-corrected chi connectivity index (χ0v) is 33.8. The lowest BCUT2D eigenvalue weighted by Gasteiger charge is -2.53. The maximum atomic E-state index is 14.4. The van der Waals surface area contributed by atoms with Gasteiger partial charge in [-0.1, -0.05) is 61.5 Å². The number of ether oxygens (including phenoxy) is 4. The van der Waals surface area contributed by atoms with Gasteiger partial charge in [0.25, 0.3) is 0 Å². The Balaban J connectivity index is 1.46. The largest absolute Gasteiger partial charge is 0.481 e. The van der Waals surface area contributed by atoms with Crippen molar-refractivity contribution in [2.75, 3.05) is 0 Å². The normalized spacial score (nSPS) is 39.8. The molecule has 2 spiro atoms. The van der Waals surface area contributed by atoms with Gasteiger partial charge >= 0.3 is 5.97 Å². The number of carbonyl (C=O) groups excluding carboxylic acids is 1. The Labute approximate surface area is 313 Å². The third-order valence-electron chi connectivity index (χ3n) is 13.8. The first-order valence-electron chi connectivity index (χ1n) is 20.6. The average Bonchev–Trinajstić information content (AvgIpc) is 3.41. The molecule has 4 heterocycles. The molecule has 0 saturated carbocycles. The molecule has 0 aromatic heterocycles. The van der Waals surface area contributed by atoms with E-state index in [2.05, 4.69) is 33.8 Å². The molecule has 16 atom stereocenters. The second-order valence-electron chi connectivity index (χ2n) is 17.7. The van der Waals surface area contributed by atoms with Gasteiger partial charge < -0.3 is 39.4 Å². The Morgan fingerprint density at radius 1 is 0.942 bits per heavy atom. The number of carboxylic acids is 1. The topological polar surface area (TPSA) is 152 Å². The summed E-state index contributed by atoms with van der Waals surface area (Å²) >= 11 is 0. The number of carbonyl (C=O) groups is 2. The van der Waals surface area contributed by atoms with E-state index < -0.39 is 70.9 Å². The van der Waals surface area contributed by atoms with Gasteiger partial charge in [-0.3, -0.25) is 9.59 Å². The van der Waals surface area contributed by atoms with Gasteiger partial charge in [-0.15, -0.1) is 0 Å². The molecule has 0 amide bonds. The highest BCUT2D eigenvalue weighted by Gasteiger charge is 2.58. The summed E-state index contributed by atoms with van der Waals surface area (Å²) in [4.78, 5) is 26.3. The van der Waals surface area contributed by atoms with Gasteiger partial charge in [-0.2, -0.15) is 0 Å². The van der Waals surface area contributed by atoms with Crippen molar-refractivity contribution in [2.45, 2.75) is 200 Å². The number of Topliss-reactive ketones (excluding diaryl/α,β-unsaturated/α-hetero) is 1. The lowest BCUT2D eigenvalue weighted by Crippen LogP contribution is -2.59. The second kappa shape index (κ2) is 17.2. The van der Waals surface area contributed by atoms with E-state index in [1.54, 1.807) is 13.8 Å². The highest BCUT2D eigenvalue weighted by atomic mass is 16.8. The fraction of sp³-hybridized carbons (Fsp3) is 0.905. The highest BCUT2D eigenvalue weighted by molar-refractivity contribution is 5.84. The SMILES string of the molecule is CC[C@@H](C(=O)O)C1CC[C@H](C)[C@H]([C@@H](C)[C@H](O)[C@H](C)C(=O)[C@H](CC)[C@H]2O[C@]3(C=CC[C@]4(CC[C@@](C)(CCC[C@](O)(CC)[C@H](C)O)O4)O3)[C@H](C)C[C@@H]2C)O1. The summed E-state index contributed by atoms with van der Waals surface area (Å²) in [6.07, 6.45) is 9.00. The van der Waals surface area contributed by atoms with Gasteiger partial charge in [0.05, 0.1) is 47.6 Å². The van der Waals surface area contributed by atoms with Crippen molar-refractivity contribution < 1.29 is 49.0 Å². The number of carboxylic acid groups (broad SMARTS) is 1. The van der Waals surface area contributed by atoms with E-state index in [1.807, 2.05) is 33.8 Å². The first-order valence-corrected chi connectivity index (χ1v) is 20.6. The number of ketones is 1. The predicted molar refractivity (Wildman–Crippen MR) is 199 cm³/mol. The summed E-state index contributed by atoms with van der Waals surface area (Å²) in [6.45, 7) is 19.6. The van der Waals surface area contributed by atoms with Gasteiger partial charge in [0, 0.05) is 36.5 Å². The van der Waals surface area contributed by atoms with Crippen LogP contribution in [0.3, 0.4) is 0 Å². The van der Waals surface area contributed by atoms with Crippen molar-refractivity contribution >= 4 is 11.8 Å². The maximum absolute atomic E-state index is 14.4. The van der Waals surface area contributed by atoms with Crippen LogP contribution in [0, 0.1) is 41.4 Å². The predicted octanol–water partition coefficient (Wildman–Crippen LogP) is 7.20. The van der Waals surface area contributed by atoms with E-state index in [0.717, 1.165) is 25.7 Å². The zero-order valence-electron chi connectivity index (χ0n) is 33.8. The molecule has 10 nitrogen and oxygen atoms in total. The number of aliphatic carboxylic acids is 1. The van der Waals surface area contributed by atoms with Gasteiger partial charge in [-0.05, 0) is 96.0 Å². The monoisotopic (exact) mass is 737 g/mol. The molecule has 52 heavy (non-hydrogen) atoms. The minimum atomic E-state index is -1.11. The number of aliphatic hydroxyl groups is 3. The summed E-state index contributed by atoms with van der Waals surface area (Å²) in [5.74, 6) is -4.67. The molecule has 10 heteroatoms. The quantitative estimate of drug-likeness (QED) is 0.120. The number of hydrogen-bond acceptors (Lipinski definition) is 9. The minimum absolute atomic E-state index is 0.0134. The van der Waals surface area contributed by atoms with E-state index in [-0.39, 0.29) is 35.6 Å². The molecular formula is C42H72O10. The molecule has 0 aliphatic carbocycles. The Morgan fingerprint density at radius 3 is 2.21 bits per heavy atom. The van der Waals surface area contributed by atoms with Crippen molar-refractivity contribution in [1.29, 1.82) is 0 Å². The summed E-state index contributed by atoms with van der Waals surface area (Å²) in [5.41, 5.74) is -1.55. The van der Waals surface area contributed by atoms with Crippen LogP contribution in [-0.4, -0.2) is 85.5 Å². The standard InChI is InChI=1S/C42H72O10/c1-11-31(38(46)47)33-17-16-25(4)36(49-33)29(8)34(44)28(7)35(45)32(12-2)37-26(5)24-27(6)42(50-37)21-15-20-41(52-42)23-22-39(10,51-41)18-14-19-40(48,13-3)30(9)43/h15,21,25-34,36-37,43-44,48H,11-14,16-20,22-24H2,1-10H3,(H,46,47)/t25-,26-,27+,28-,29-,30-,31+,32-,33?,34+,36+,37-,39+,40+,41+,42-/m0/s1. The summed E-state index contributed by atoms with van der Waals surface area (Å²) < 4.78 is 27.2. The fourth-order valence-electron chi connectivity index (χ4n) is 10.0. The van der Waals surface area contributed by atoms with Crippen LogP contribution in [0.1, 0.15) is 146 Å². The van der Waals surface area contributed by atoms with Crippen LogP contribution in [0.25, 0.3) is 0 Å². The van der Waals surface area contributed by atoms with Crippen LogP contribution in [0.15, 0.2) is 12.2 Å². The third-order valence-corrected chi connectivity index (χ3v) is 13.8. The summed E-state index contributed by atoms with van der Waals surface area (Å²) in [5, 5.41) is 42.5. The fourth-order valence-corrected chi connectivity index (χ4v) is 10.0. The average molecular weight is 737 g/mol. The molecule has 0 radical (unpaired) electrons. The molecule has 1 unspecified atom stereocenters. The van der Waals surface area contributed by atoms with E-state index in [4.69, 9.17) is 18.9 Å². The molecule has 3 saturated heterocycles. The van der Waals surface area contributed by atoms with Crippen molar-refractivity contribution in [1.82, 2.24) is 0 Å². The van der Waals surface area contributed by atoms with Gasteiger partial charge in [-0.25, -0.2) is 0 Å². The zero-order chi connectivity index (χ0) is 38.8. The summed E-state index contributed by atoms with van der Waals surface area (Å²) in [6, 6.07) is 0. The van der Waals surface area contributed by atoms with Crippen LogP contribution in [0.5, 0.6) is 0 Å². The third kappa shape index (κ3) is 9.00.